The summed E-state index contributed by atoms with van der Waals surface area (Å²) in [5.41, 5.74) is 6.19. The second-order valence-electron chi connectivity index (χ2n) is 5.49. The summed E-state index contributed by atoms with van der Waals surface area (Å²) in [6, 6.07) is 17.1. The molecular formula is C21H17NS. The van der Waals surface area contributed by atoms with Gasteiger partial charge < -0.3 is 4.98 Å². The summed E-state index contributed by atoms with van der Waals surface area (Å²) in [7, 11) is 0. The molecule has 0 amide bonds. The number of rotatable bonds is 1. The molecule has 3 aromatic rings. The molecule has 0 aliphatic carbocycles. The van der Waals surface area contributed by atoms with Gasteiger partial charge in [0.05, 0.1) is 5.69 Å². The molecule has 2 aromatic carbocycles. The van der Waals surface area contributed by atoms with Crippen LogP contribution in [0, 0.1) is 0 Å². The van der Waals surface area contributed by atoms with Gasteiger partial charge in [0.15, 0.2) is 0 Å². The summed E-state index contributed by atoms with van der Waals surface area (Å²) in [6.45, 7) is 5.98. The van der Waals surface area contributed by atoms with Crippen LogP contribution in [0.5, 0.6) is 0 Å². The Morgan fingerprint density at radius 2 is 1.83 bits per heavy atom. The number of para-hydroxylation sites is 1. The maximum Gasteiger partial charge on any atom is 0.0553 e. The Labute approximate surface area is 140 Å². The molecule has 0 spiro atoms. The Bertz CT molecular complexity index is 972. The van der Waals surface area contributed by atoms with Crippen molar-refractivity contribution < 1.29 is 0 Å². The van der Waals surface area contributed by atoms with Gasteiger partial charge in [-0.3, -0.25) is 0 Å². The molecule has 0 radical (unpaired) electrons. The minimum atomic E-state index is 1.18. The van der Waals surface area contributed by atoms with Crippen LogP contribution in [-0.4, -0.2) is 4.98 Å². The number of hydrogen-bond acceptors (Lipinski definition) is 1. The molecular weight excluding hydrogens is 298 g/mol. The van der Waals surface area contributed by atoms with E-state index in [-0.39, 0.29) is 0 Å². The Morgan fingerprint density at radius 1 is 1.04 bits per heavy atom. The van der Waals surface area contributed by atoms with E-state index in [0.29, 0.717) is 0 Å². The molecule has 2 heteroatoms. The zero-order valence-corrected chi connectivity index (χ0v) is 13.8. The summed E-state index contributed by atoms with van der Waals surface area (Å²) in [4.78, 5) is 6.13. The number of aromatic amines is 1. The fourth-order valence-corrected chi connectivity index (χ4v) is 4.36. The average molecular weight is 315 g/mol. The van der Waals surface area contributed by atoms with Crippen LogP contribution >= 0.6 is 11.8 Å². The molecule has 0 fully saturated rings. The molecule has 1 N–H and O–H groups in total. The first-order valence-electron chi connectivity index (χ1n) is 7.71. The topological polar surface area (TPSA) is 15.8 Å². The first-order chi connectivity index (χ1) is 11.3. The molecule has 1 aliphatic rings. The standard InChI is InChI=1S/C21H17NS/c1-3-9-18-14(4-2)21-20(15-10-5-7-12-17(15)22-21)16-11-6-8-13-19(16)23-18/h3-13,22H,1H2,2H3/b14-4+,18-9+. The fourth-order valence-electron chi connectivity index (χ4n) is 3.20. The van der Waals surface area contributed by atoms with Gasteiger partial charge in [-0.2, -0.15) is 0 Å². The lowest BCUT2D eigenvalue weighted by atomic mass is 9.98. The van der Waals surface area contributed by atoms with Crippen LogP contribution in [0.3, 0.4) is 0 Å². The van der Waals surface area contributed by atoms with Gasteiger partial charge in [0.2, 0.25) is 0 Å². The predicted octanol–water partition coefficient (Wildman–Crippen LogP) is 6.41. The van der Waals surface area contributed by atoms with E-state index < -0.39 is 0 Å². The number of thioether (sulfide) groups is 1. The smallest absolute Gasteiger partial charge is 0.0553 e. The number of hydrogen-bond donors (Lipinski definition) is 1. The van der Waals surface area contributed by atoms with Gasteiger partial charge >= 0.3 is 0 Å². The largest absolute Gasteiger partial charge is 0.354 e. The average Bonchev–Trinajstić information content (AvgIpc) is 2.89. The van der Waals surface area contributed by atoms with Crippen molar-refractivity contribution in [3.63, 3.8) is 0 Å². The quantitative estimate of drug-likeness (QED) is 0.548. The molecule has 1 nitrogen and oxygen atoms in total. The lowest BCUT2D eigenvalue weighted by Crippen LogP contribution is -1.87. The summed E-state index contributed by atoms with van der Waals surface area (Å²) >= 11 is 1.81. The Kier molecular flexibility index (Phi) is 3.47. The number of benzene rings is 2. The summed E-state index contributed by atoms with van der Waals surface area (Å²) in [6.07, 6.45) is 6.14. The van der Waals surface area contributed by atoms with E-state index >= 15 is 0 Å². The second kappa shape index (κ2) is 5.64. The van der Waals surface area contributed by atoms with Crippen molar-refractivity contribution in [3.8, 4) is 11.1 Å². The first-order valence-corrected chi connectivity index (χ1v) is 8.53. The van der Waals surface area contributed by atoms with Gasteiger partial charge in [0.1, 0.15) is 0 Å². The molecule has 0 unspecified atom stereocenters. The third kappa shape index (κ3) is 2.18. The van der Waals surface area contributed by atoms with E-state index in [2.05, 4.69) is 79.2 Å². The highest BCUT2D eigenvalue weighted by molar-refractivity contribution is 8.03. The van der Waals surface area contributed by atoms with Crippen LogP contribution in [0.4, 0.5) is 0 Å². The van der Waals surface area contributed by atoms with Crippen molar-refractivity contribution in [1.29, 1.82) is 0 Å². The van der Waals surface area contributed by atoms with E-state index in [1.807, 2.05) is 6.08 Å². The number of nitrogens with one attached hydrogen (secondary N) is 1. The molecule has 1 aromatic heterocycles. The predicted molar refractivity (Wildman–Crippen MR) is 102 cm³/mol. The first kappa shape index (κ1) is 14.2. The van der Waals surface area contributed by atoms with E-state index in [0.717, 1.165) is 0 Å². The minimum absolute atomic E-state index is 1.18. The van der Waals surface area contributed by atoms with Crippen LogP contribution in [0.1, 0.15) is 12.6 Å². The highest BCUT2D eigenvalue weighted by Crippen LogP contribution is 2.49. The Hall–Kier alpha value is -2.45. The van der Waals surface area contributed by atoms with Crippen molar-refractivity contribution in [2.45, 2.75) is 11.8 Å². The molecule has 0 saturated heterocycles. The lowest BCUT2D eigenvalue weighted by molar-refractivity contribution is 1.39. The Balaban J connectivity index is 2.16. The summed E-state index contributed by atoms with van der Waals surface area (Å²) < 4.78 is 0. The van der Waals surface area contributed by atoms with Gasteiger partial charge in [0.25, 0.3) is 0 Å². The van der Waals surface area contributed by atoms with Crippen LogP contribution in [0.15, 0.2) is 83.1 Å². The molecule has 23 heavy (non-hydrogen) atoms. The van der Waals surface area contributed by atoms with E-state index in [1.165, 1.54) is 43.1 Å². The van der Waals surface area contributed by atoms with Crippen LogP contribution < -0.4 is 0 Å². The van der Waals surface area contributed by atoms with Crippen molar-refractivity contribution in [2.75, 3.05) is 0 Å². The van der Waals surface area contributed by atoms with Crippen LogP contribution in [0.25, 0.3) is 27.6 Å². The maximum absolute atomic E-state index is 3.88. The van der Waals surface area contributed by atoms with Gasteiger partial charge in [-0.05, 0) is 30.7 Å². The van der Waals surface area contributed by atoms with Crippen molar-refractivity contribution >= 4 is 28.2 Å². The van der Waals surface area contributed by atoms with Crippen LogP contribution in [-0.2, 0) is 0 Å². The van der Waals surface area contributed by atoms with Gasteiger partial charge in [-0.1, -0.05) is 66.9 Å². The fraction of sp³-hybridized carbons (Fsp3) is 0.0476. The number of aromatic nitrogens is 1. The van der Waals surface area contributed by atoms with Crippen molar-refractivity contribution in [3.05, 3.63) is 83.9 Å². The summed E-state index contributed by atoms with van der Waals surface area (Å²) in [5, 5.41) is 1.27. The minimum Gasteiger partial charge on any atom is -0.354 e. The van der Waals surface area contributed by atoms with Crippen molar-refractivity contribution in [1.82, 2.24) is 4.98 Å². The van der Waals surface area contributed by atoms with Gasteiger partial charge in [-0.15, -0.1) is 0 Å². The van der Waals surface area contributed by atoms with E-state index in [1.54, 1.807) is 11.8 Å². The number of allylic oxidation sites excluding steroid dienone is 4. The zero-order valence-electron chi connectivity index (χ0n) is 13.0. The number of fused-ring (bicyclic) bond motifs is 5. The van der Waals surface area contributed by atoms with Gasteiger partial charge in [0, 0.05) is 31.8 Å². The monoisotopic (exact) mass is 315 g/mol. The van der Waals surface area contributed by atoms with Crippen LogP contribution in [0.2, 0.25) is 0 Å². The zero-order chi connectivity index (χ0) is 15.8. The molecule has 1 aliphatic heterocycles. The molecule has 0 atom stereocenters. The number of H-pyrrole nitrogens is 1. The highest BCUT2D eigenvalue weighted by atomic mass is 32.2. The normalized spacial score (nSPS) is 17.1. The van der Waals surface area contributed by atoms with E-state index in [9.17, 15) is 0 Å². The third-order valence-electron chi connectivity index (χ3n) is 4.18. The van der Waals surface area contributed by atoms with E-state index in [4.69, 9.17) is 0 Å². The maximum atomic E-state index is 3.88. The molecule has 0 saturated carbocycles. The second-order valence-corrected chi connectivity index (χ2v) is 6.57. The molecule has 2 heterocycles. The summed E-state index contributed by atoms with van der Waals surface area (Å²) in [5.74, 6) is 0. The molecule has 112 valence electrons. The van der Waals surface area contributed by atoms with Gasteiger partial charge in [-0.25, -0.2) is 0 Å². The third-order valence-corrected chi connectivity index (χ3v) is 5.33. The highest BCUT2D eigenvalue weighted by Gasteiger charge is 2.24. The molecule has 4 rings (SSSR count). The lowest BCUT2D eigenvalue weighted by Gasteiger charge is -2.07. The SMILES string of the molecule is C=C/C=C1/Sc2ccccc2-c2c([nH]c3ccccc23)/C1=C/C. The molecule has 0 bridgehead atoms. The Morgan fingerprint density at radius 3 is 2.65 bits per heavy atom. The van der Waals surface area contributed by atoms with Crippen molar-refractivity contribution in [2.24, 2.45) is 0 Å².